The zero-order valence-electron chi connectivity index (χ0n) is 22.8. The molecule has 2 aliphatic heterocycles. The van der Waals surface area contributed by atoms with Gasteiger partial charge >= 0.3 is 0 Å². The van der Waals surface area contributed by atoms with Crippen LogP contribution in [0.15, 0.2) is 89.8 Å². The Labute approximate surface area is 242 Å². The number of carbonyl (C=O) groups is 1. The van der Waals surface area contributed by atoms with Crippen molar-refractivity contribution in [3.05, 3.63) is 90.5 Å². The van der Waals surface area contributed by atoms with Crippen molar-refractivity contribution in [1.82, 2.24) is 14.5 Å². The molecule has 1 amide bonds. The van der Waals surface area contributed by atoms with Gasteiger partial charge in [0.15, 0.2) is 0 Å². The van der Waals surface area contributed by atoms with E-state index >= 15 is 0 Å². The number of hydrogen-bond donors (Lipinski definition) is 1. The van der Waals surface area contributed by atoms with Crippen LogP contribution >= 0.6 is 11.8 Å². The van der Waals surface area contributed by atoms with E-state index in [2.05, 4.69) is 10.2 Å². The van der Waals surface area contributed by atoms with Gasteiger partial charge in [-0.3, -0.25) is 9.69 Å². The second kappa shape index (κ2) is 13.3. The van der Waals surface area contributed by atoms with E-state index in [1.165, 1.54) is 16.1 Å². The molecule has 3 aromatic rings. The number of nitrogens with zero attached hydrogens (tertiary/aromatic N) is 2. The molecule has 0 bridgehead atoms. The topological polar surface area (TPSA) is 79.0 Å². The SMILES string of the molecule is COC[C@H]1CCCN1CCC(NC(=O)C1SCCN1S(=O)(=O)c1ccc(-c2ccccc2)cc1)c1ccccc1. The van der Waals surface area contributed by atoms with Crippen LogP contribution in [0.2, 0.25) is 0 Å². The molecule has 2 saturated heterocycles. The van der Waals surface area contributed by atoms with Crippen molar-refractivity contribution in [3.8, 4) is 11.1 Å². The summed E-state index contributed by atoms with van der Waals surface area (Å²) in [6, 6.07) is 26.9. The first kappa shape index (κ1) is 28.8. The molecule has 0 radical (unpaired) electrons. The number of likely N-dealkylation sites (tertiary alicyclic amines) is 1. The summed E-state index contributed by atoms with van der Waals surface area (Å²) >= 11 is 1.38. The van der Waals surface area contributed by atoms with Gasteiger partial charge in [-0.1, -0.05) is 72.8 Å². The summed E-state index contributed by atoms with van der Waals surface area (Å²) in [5.74, 6) is 0.303. The highest BCUT2D eigenvalue weighted by Gasteiger charge is 2.41. The van der Waals surface area contributed by atoms with Crippen LogP contribution in [0.3, 0.4) is 0 Å². The summed E-state index contributed by atoms with van der Waals surface area (Å²) in [6.07, 6.45) is 3.00. The molecule has 0 spiro atoms. The highest BCUT2D eigenvalue weighted by molar-refractivity contribution is 8.02. The van der Waals surface area contributed by atoms with E-state index in [4.69, 9.17) is 4.74 Å². The first-order valence-electron chi connectivity index (χ1n) is 13.8. The Morgan fingerprint density at radius 2 is 1.65 bits per heavy atom. The molecule has 0 aliphatic carbocycles. The number of methoxy groups -OCH3 is 1. The third-order valence-corrected chi connectivity index (χ3v) is 10.9. The van der Waals surface area contributed by atoms with Crippen LogP contribution in [-0.4, -0.2) is 74.0 Å². The van der Waals surface area contributed by atoms with Crippen molar-refractivity contribution in [2.24, 2.45) is 0 Å². The molecule has 212 valence electrons. The number of benzene rings is 3. The number of ether oxygens (including phenoxy) is 1. The highest BCUT2D eigenvalue weighted by atomic mass is 32.2. The van der Waals surface area contributed by atoms with Gasteiger partial charge < -0.3 is 10.1 Å². The third-order valence-electron chi connectivity index (χ3n) is 7.72. The summed E-state index contributed by atoms with van der Waals surface area (Å²) in [5.41, 5.74) is 2.99. The van der Waals surface area contributed by atoms with Gasteiger partial charge in [0.1, 0.15) is 5.37 Å². The summed E-state index contributed by atoms with van der Waals surface area (Å²) in [5, 5.41) is 2.40. The highest BCUT2D eigenvalue weighted by Crippen LogP contribution is 2.32. The molecule has 40 heavy (non-hydrogen) atoms. The van der Waals surface area contributed by atoms with Crippen molar-refractivity contribution in [2.45, 2.75) is 41.6 Å². The Hall–Kier alpha value is -2.69. The standard InChI is InChI=1S/C31H37N3O4S2/c1-38-23-27-13-8-19-33(27)20-18-29(26-11-6-3-7-12-26)32-30(35)31-34(21-22-39-31)40(36,37)28-16-14-25(15-17-28)24-9-4-2-5-10-24/h2-7,9-12,14-17,27,29,31H,8,13,18-23H2,1H3,(H,32,35)/t27-,29?,31?/m1/s1. The predicted octanol–water partition coefficient (Wildman–Crippen LogP) is 4.78. The molecule has 3 atom stereocenters. The lowest BCUT2D eigenvalue weighted by Crippen LogP contribution is -2.46. The van der Waals surface area contributed by atoms with Crippen LogP contribution in [-0.2, 0) is 19.6 Å². The van der Waals surface area contributed by atoms with E-state index in [0.717, 1.165) is 49.0 Å². The van der Waals surface area contributed by atoms with Crippen LogP contribution in [0.4, 0.5) is 0 Å². The zero-order chi connectivity index (χ0) is 28.0. The maximum absolute atomic E-state index is 13.7. The fourth-order valence-corrected chi connectivity index (χ4v) is 8.69. The van der Waals surface area contributed by atoms with Crippen LogP contribution < -0.4 is 5.32 Å². The number of sulfonamides is 1. The van der Waals surface area contributed by atoms with Crippen molar-refractivity contribution in [1.29, 1.82) is 0 Å². The average Bonchev–Trinajstić information content (AvgIpc) is 3.67. The summed E-state index contributed by atoms with van der Waals surface area (Å²) in [6.45, 7) is 2.87. The lowest BCUT2D eigenvalue weighted by molar-refractivity contribution is -0.123. The van der Waals surface area contributed by atoms with E-state index in [0.29, 0.717) is 24.9 Å². The van der Waals surface area contributed by atoms with Gasteiger partial charge in [-0.15, -0.1) is 11.8 Å². The third kappa shape index (κ3) is 6.61. The van der Waals surface area contributed by atoms with Crippen molar-refractivity contribution < 1.29 is 17.9 Å². The van der Waals surface area contributed by atoms with Gasteiger partial charge in [0.2, 0.25) is 15.9 Å². The summed E-state index contributed by atoms with van der Waals surface area (Å²) in [4.78, 5) is 16.3. The second-order valence-electron chi connectivity index (χ2n) is 10.3. The molecule has 2 aliphatic rings. The van der Waals surface area contributed by atoms with Crippen LogP contribution in [0.5, 0.6) is 0 Å². The normalized spacial score (nSPS) is 20.9. The molecular weight excluding hydrogens is 542 g/mol. The Morgan fingerprint density at radius 3 is 2.35 bits per heavy atom. The Kier molecular flexibility index (Phi) is 9.59. The molecule has 3 aromatic carbocycles. The van der Waals surface area contributed by atoms with Gasteiger partial charge in [-0.2, -0.15) is 4.31 Å². The van der Waals surface area contributed by atoms with Crippen LogP contribution in [0.25, 0.3) is 11.1 Å². The largest absolute Gasteiger partial charge is 0.383 e. The smallest absolute Gasteiger partial charge is 0.249 e. The minimum Gasteiger partial charge on any atom is -0.383 e. The van der Waals surface area contributed by atoms with E-state index < -0.39 is 15.4 Å². The molecule has 2 fully saturated rings. The average molecular weight is 580 g/mol. The van der Waals surface area contributed by atoms with Gasteiger partial charge in [-0.05, 0) is 54.6 Å². The first-order chi connectivity index (χ1) is 19.5. The number of rotatable bonds is 11. The van der Waals surface area contributed by atoms with Gasteiger partial charge in [-0.25, -0.2) is 8.42 Å². The predicted molar refractivity (Wildman–Crippen MR) is 160 cm³/mol. The van der Waals surface area contributed by atoms with E-state index in [1.54, 1.807) is 19.2 Å². The number of amides is 1. The molecule has 5 rings (SSSR count). The fourth-order valence-electron chi connectivity index (χ4n) is 5.61. The lowest BCUT2D eigenvalue weighted by atomic mass is 10.0. The molecule has 2 heterocycles. The van der Waals surface area contributed by atoms with E-state index in [-0.39, 0.29) is 16.8 Å². The Bertz CT molecular complexity index is 1350. The molecule has 1 N–H and O–H groups in total. The Morgan fingerprint density at radius 1 is 0.975 bits per heavy atom. The Balaban J connectivity index is 1.30. The maximum Gasteiger partial charge on any atom is 0.249 e. The molecular formula is C31H37N3O4S2. The van der Waals surface area contributed by atoms with E-state index in [9.17, 15) is 13.2 Å². The van der Waals surface area contributed by atoms with Crippen LogP contribution in [0, 0.1) is 0 Å². The van der Waals surface area contributed by atoms with Crippen molar-refractivity contribution in [3.63, 3.8) is 0 Å². The van der Waals surface area contributed by atoms with Crippen molar-refractivity contribution in [2.75, 3.05) is 39.1 Å². The molecule has 0 saturated carbocycles. The quantitative estimate of drug-likeness (QED) is 0.353. The van der Waals surface area contributed by atoms with Gasteiger partial charge in [0.05, 0.1) is 17.5 Å². The zero-order valence-corrected chi connectivity index (χ0v) is 24.4. The number of nitrogens with one attached hydrogen (secondary N) is 1. The number of hydrogen-bond acceptors (Lipinski definition) is 6. The molecule has 0 aromatic heterocycles. The fraction of sp³-hybridized carbons (Fsp3) is 0.387. The minimum atomic E-state index is -3.84. The monoisotopic (exact) mass is 579 g/mol. The second-order valence-corrected chi connectivity index (χ2v) is 13.4. The number of thioether (sulfide) groups is 1. The molecule has 9 heteroatoms. The maximum atomic E-state index is 13.7. The summed E-state index contributed by atoms with van der Waals surface area (Å²) < 4.78 is 34.1. The van der Waals surface area contributed by atoms with Gasteiger partial charge in [0, 0.05) is 32.0 Å². The minimum absolute atomic E-state index is 0.199. The molecule has 7 nitrogen and oxygen atoms in total. The van der Waals surface area contributed by atoms with Crippen LogP contribution in [0.1, 0.15) is 30.9 Å². The van der Waals surface area contributed by atoms with E-state index in [1.807, 2.05) is 72.8 Å². The first-order valence-corrected chi connectivity index (χ1v) is 16.3. The summed E-state index contributed by atoms with van der Waals surface area (Å²) in [7, 11) is -2.11. The number of carbonyl (C=O) groups excluding carboxylic acids is 1. The van der Waals surface area contributed by atoms with Gasteiger partial charge in [0.25, 0.3) is 0 Å². The molecule has 2 unspecified atom stereocenters. The van der Waals surface area contributed by atoms with Crippen molar-refractivity contribution >= 4 is 27.7 Å². The lowest BCUT2D eigenvalue weighted by Gasteiger charge is -2.29.